The van der Waals surface area contributed by atoms with Crippen molar-refractivity contribution in [2.75, 3.05) is 18.1 Å². The van der Waals surface area contributed by atoms with E-state index in [4.69, 9.17) is 4.52 Å². The first-order valence-corrected chi connectivity index (χ1v) is 9.60. The third kappa shape index (κ3) is 6.19. The van der Waals surface area contributed by atoms with Gasteiger partial charge in [-0.15, -0.1) is 24.0 Å². The van der Waals surface area contributed by atoms with Crippen LogP contribution in [-0.2, 0) is 21.8 Å². The van der Waals surface area contributed by atoms with Gasteiger partial charge in [0.1, 0.15) is 6.54 Å². The van der Waals surface area contributed by atoms with Crippen LogP contribution in [0.25, 0.3) is 0 Å². The summed E-state index contributed by atoms with van der Waals surface area (Å²) in [6, 6.07) is -0.104. The van der Waals surface area contributed by atoms with Crippen LogP contribution in [0.1, 0.15) is 45.8 Å². The van der Waals surface area contributed by atoms with E-state index in [2.05, 4.69) is 25.8 Å². The summed E-state index contributed by atoms with van der Waals surface area (Å²) in [6.45, 7) is 8.91. The Balaban J connectivity index is 0.00000288. The minimum atomic E-state index is -2.92. The Labute approximate surface area is 160 Å². The summed E-state index contributed by atoms with van der Waals surface area (Å²) in [5, 5.41) is 10.2. The van der Waals surface area contributed by atoms with Crippen LogP contribution in [0.4, 0.5) is 0 Å². The number of rotatable bonds is 4. The highest BCUT2D eigenvalue weighted by Crippen LogP contribution is 2.19. The van der Waals surface area contributed by atoms with Crippen molar-refractivity contribution in [3.05, 3.63) is 11.7 Å². The fourth-order valence-electron chi connectivity index (χ4n) is 2.19. The first-order chi connectivity index (χ1) is 10.7. The van der Waals surface area contributed by atoms with Crippen LogP contribution in [0, 0.1) is 0 Å². The van der Waals surface area contributed by atoms with E-state index in [1.54, 1.807) is 0 Å². The quantitative estimate of drug-likeness (QED) is 0.386. The van der Waals surface area contributed by atoms with Crippen molar-refractivity contribution in [1.82, 2.24) is 20.8 Å². The molecular formula is C14H26IN5O3S. The zero-order valence-electron chi connectivity index (χ0n) is 14.5. The molecule has 24 heavy (non-hydrogen) atoms. The van der Waals surface area contributed by atoms with Crippen molar-refractivity contribution in [3.63, 3.8) is 0 Å². The summed E-state index contributed by atoms with van der Waals surface area (Å²) >= 11 is 0. The number of aromatic nitrogens is 2. The number of guanidine groups is 1. The van der Waals surface area contributed by atoms with Gasteiger partial charge in [-0.3, -0.25) is 0 Å². The van der Waals surface area contributed by atoms with Gasteiger partial charge in [-0.1, -0.05) is 25.9 Å². The highest BCUT2D eigenvalue weighted by molar-refractivity contribution is 14.0. The first kappa shape index (κ1) is 21.1. The van der Waals surface area contributed by atoms with Crippen molar-refractivity contribution in [2.24, 2.45) is 4.99 Å². The summed E-state index contributed by atoms with van der Waals surface area (Å²) in [7, 11) is -2.92. The maximum Gasteiger partial charge on any atom is 0.232 e. The van der Waals surface area contributed by atoms with Crippen LogP contribution in [0.3, 0.4) is 0 Å². The van der Waals surface area contributed by atoms with Crippen LogP contribution in [0.2, 0.25) is 0 Å². The summed E-state index contributed by atoms with van der Waals surface area (Å²) in [5.41, 5.74) is -0.198. The molecule has 0 radical (unpaired) electrons. The summed E-state index contributed by atoms with van der Waals surface area (Å²) in [6.07, 6.45) is 0.600. The Bertz CT molecular complexity index is 666. The maximum atomic E-state index is 11.5. The second-order valence-corrected chi connectivity index (χ2v) is 8.93. The van der Waals surface area contributed by atoms with Crippen molar-refractivity contribution >= 4 is 39.8 Å². The largest absolute Gasteiger partial charge is 0.357 e. The highest BCUT2D eigenvalue weighted by atomic mass is 127. The third-order valence-electron chi connectivity index (χ3n) is 3.41. The molecule has 2 rings (SSSR count). The summed E-state index contributed by atoms with van der Waals surface area (Å²) < 4.78 is 28.3. The standard InChI is InChI=1S/C14H25N5O3S.HI/c1-5-15-13(17-10-6-7-23(20,21)9-10)16-8-11-18-12(22-19-11)14(2,3)4;/h10H,5-9H2,1-4H3,(H2,15,16,17);1H. The van der Waals surface area contributed by atoms with Crippen LogP contribution in [0.5, 0.6) is 0 Å². The Morgan fingerprint density at radius 3 is 2.62 bits per heavy atom. The zero-order valence-corrected chi connectivity index (χ0v) is 17.6. The Morgan fingerprint density at radius 1 is 1.42 bits per heavy atom. The molecule has 1 aromatic rings. The lowest BCUT2D eigenvalue weighted by Gasteiger charge is -2.15. The molecule has 1 atom stereocenters. The zero-order chi connectivity index (χ0) is 17.1. The molecule has 0 bridgehead atoms. The van der Waals surface area contributed by atoms with E-state index in [0.29, 0.717) is 30.6 Å². The van der Waals surface area contributed by atoms with Crippen LogP contribution < -0.4 is 10.6 Å². The Hall–Kier alpha value is -0.910. The molecule has 1 aromatic heterocycles. The van der Waals surface area contributed by atoms with Gasteiger partial charge in [0.2, 0.25) is 5.89 Å². The molecule has 0 aliphatic carbocycles. The molecule has 138 valence electrons. The molecule has 1 fully saturated rings. The van der Waals surface area contributed by atoms with E-state index in [9.17, 15) is 8.42 Å². The monoisotopic (exact) mass is 471 g/mol. The number of nitrogens with one attached hydrogen (secondary N) is 2. The highest BCUT2D eigenvalue weighted by Gasteiger charge is 2.28. The predicted octanol–water partition coefficient (Wildman–Crippen LogP) is 1.23. The van der Waals surface area contributed by atoms with Crippen molar-refractivity contribution in [3.8, 4) is 0 Å². The molecule has 2 N–H and O–H groups in total. The third-order valence-corrected chi connectivity index (χ3v) is 5.17. The number of hydrogen-bond acceptors (Lipinski definition) is 6. The molecular weight excluding hydrogens is 445 g/mol. The van der Waals surface area contributed by atoms with Crippen LogP contribution >= 0.6 is 24.0 Å². The molecule has 8 nitrogen and oxygen atoms in total. The normalized spacial score (nSPS) is 20.5. The van der Waals surface area contributed by atoms with Gasteiger partial charge in [0, 0.05) is 18.0 Å². The number of sulfone groups is 1. The summed E-state index contributed by atoms with van der Waals surface area (Å²) in [4.78, 5) is 8.74. The van der Waals surface area contributed by atoms with E-state index in [0.717, 1.165) is 0 Å². The second kappa shape index (κ2) is 8.45. The molecule has 1 saturated heterocycles. The van der Waals surface area contributed by atoms with Crippen molar-refractivity contribution < 1.29 is 12.9 Å². The van der Waals surface area contributed by atoms with Gasteiger partial charge in [0.05, 0.1) is 11.5 Å². The van der Waals surface area contributed by atoms with Gasteiger partial charge < -0.3 is 15.2 Å². The van der Waals surface area contributed by atoms with Crippen LogP contribution in [-0.4, -0.2) is 48.6 Å². The van der Waals surface area contributed by atoms with E-state index < -0.39 is 9.84 Å². The van der Waals surface area contributed by atoms with Crippen molar-refractivity contribution in [2.45, 2.75) is 52.1 Å². The molecule has 0 spiro atoms. The molecule has 0 saturated carbocycles. The second-order valence-electron chi connectivity index (χ2n) is 6.71. The Kier molecular flexibility index (Phi) is 7.44. The van der Waals surface area contributed by atoms with Gasteiger partial charge >= 0.3 is 0 Å². The van der Waals surface area contributed by atoms with Gasteiger partial charge in [-0.2, -0.15) is 4.98 Å². The topological polar surface area (TPSA) is 109 Å². The number of halogens is 1. The molecule has 2 heterocycles. The van der Waals surface area contributed by atoms with E-state index in [1.807, 2.05) is 27.7 Å². The van der Waals surface area contributed by atoms with Gasteiger partial charge in [-0.05, 0) is 13.3 Å². The fraction of sp³-hybridized carbons (Fsp3) is 0.786. The van der Waals surface area contributed by atoms with Crippen LogP contribution in [0.15, 0.2) is 9.52 Å². The maximum absolute atomic E-state index is 11.5. The SMILES string of the molecule is CCNC(=NCc1noc(C(C)(C)C)n1)NC1CCS(=O)(=O)C1.I. The summed E-state index contributed by atoms with van der Waals surface area (Å²) in [5.74, 6) is 2.02. The van der Waals surface area contributed by atoms with Gasteiger partial charge in [0.25, 0.3) is 0 Å². The average molecular weight is 471 g/mol. The fourth-order valence-corrected chi connectivity index (χ4v) is 3.87. The lowest BCUT2D eigenvalue weighted by Crippen LogP contribution is -2.44. The molecule has 0 aromatic carbocycles. The molecule has 10 heteroatoms. The minimum absolute atomic E-state index is 0. The molecule has 0 amide bonds. The first-order valence-electron chi connectivity index (χ1n) is 7.78. The number of hydrogen-bond donors (Lipinski definition) is 2. The van der Waals surface area contributed by atoms with E-state index in [-0.39, 0.29) is 53.5 Å². The number of nitrogens with zero attached hydrogens (tertiary/aromatic N) is 3. The average Bonchev–Trinajstić information content (AvgIpc) is 3.02. The molecule has 1 aliphatic rings. The molecule has 1 unspecified atom stereocenters. The molecule has 1 aliphatic heterocycles. The number of aliphatic imine (C=N–C) groups is 1. The van der Waals surface area contributed by atoms with Gasteiger partial charge in [0.15, 0.2) is 21.6 Å². The lowest BCUT2D eigenvalue weighted by molar-refractivity contribution is 0.318. The van der Waals surface area contributed by atoms with Gasteiger partial charge in [-0.25, -0.2) is 13.4 Å². The van der Waals surface area contributed by atoms with E-state index >= 15 is 0 Å². The van der Waals surface area contributed by atoms with Crippen molar-refractivity contribution in [1.29, 1.82) is 0 Å². The lowest BCUT2D eigenvalue weighted by atomic mass is 9.97. The Morgan fingerprint density at radius 2 is 2.12 bits per heavy atom. The predicted molar refractivity (Wildman–Crippen MR) is 103 cm³/mol. The smallest absolute Gasteiger partial charge is 0.232 e. The van der Waals surface area contributed by atoms with E-state index in [1.165, 1.54) is 0 Å². The minimum Gasteiger partial charge on any atom is -0.357 e.